The number of nitrogens with one attached hydrogen (secondary N) is 1. The molecule has 21 heavy (non-hydrogen) atoms. The molecule has 1 aliphatic rings. The van der Waals surface area contributed by atoms with Crippen molar-refractivity contribution < 1.29 is 14.3 Å². The lowest BCUT2D eigenvalue weighted by molar-refractivity contribution is -0.149. The van der Waals surface area contributed by atoms with Gasteiger partial charge in [-0.05, 0) is 31.0 Å². The molecule has 0 spiro atoms. The van der Waals surface area contributed by atoms with Gasteiger partial charge in [-0.2, -0.15) is 0 Å². The zero-order chi connectivity index (χ0) is 15.4. The highest BCUT2D eigenvalue weighted by atomic mass is 16.5. The number of piperazine rings is 1. The molecule has 1 heterocycles. The van der Waals surface area contributed by atoms with E-state index in [4.69, 9.17) is 4.74 Å². The number of ether oxygens (including phenoxy) is 1. The summed E-state index contributed by atoms with van der Waals surface area (Å²) in [6.07, 6.45) is 1.53. The van der Waals surface area contributed by atoms with Crippen molar-refractivity contribution in [3.63, 3.8) is 0 Å². The van der Waals surface area contributed by atoms with Crippen LogP contribution >= 0.6 is 0 Å². The maximum atomic E-state index is 12.4. The summed E-state index contributed by atoms with van der Waals surface area (Å²) in [5.41, 5.74) is 0.964. The third-order valence-electron chi connectivity index (χ3n) is 3.74. The van der Waals surface area contributed by atoms with Gasteiger partial charge in [-0.15, -0.1) is 0 Å². The van der Waals surface area contributed by atoms with Crippen molar-refractivity contribution in [1.29, 1.82) is 0 Å². The van der Waals surface area contributed by atoms with Crippen LogP contribution in [0.15, 0.2) is 24.3 Å². The van der Waals surface area contributed by atoms with Crippen molar-refractivity contribution in [2.75, 3.05) is 7.11 Å². The van der Waals surface area contributed by atoms with E-state index in [1.807, 2.05) is 31.2 Å². The number of carbonyl (C=O) groups is 2. The van der Waals surface area contributed by atoms with Crippen LogP contribution in [-0.2, 0) is 16.1 Å². The molecule has 5 heteroatoms. The smallest absolute Gasteiger partial charge is 0.245 e. The summed E-state index contributed by atoms with van der Waals surface area (Å²) in [6.45, 7) is 4.17. The molecule has 1 aromatic carbocycles. The molecule has 2 atom stereocenters. The lowest BCUT2D eigenvalue weighted by atomic mass is 10.0. The summed E-state index contributed by atoms with van der Waals surface area (Å²) in [4.78, 5) is 26.2. The molecule has 1 aromatic rings. The minimum Gasteiger partial charge on any atom is -0.497 e. The predicted molar refractivity (Wildman–Crippen MR) is 79.8 cm³/mol. The van der Waals surface area contributed by atoms with Crippen molar-refractivity contribution in [2.45, 2.75) is 45.3 Å². The average molecular weight is 290 g/mol. The minimum atomic E-state index is -0.462. The molecule has 2 amide bonds. The summed E-state index contributed by atoms with van der Waals surface area (Å²) in [7, 11) is 1.61. The van der Waals surface area contributed by atoms with Crippen LogP contribution in [0.25, 0.3) is 0 Å². The Bertz CT molecular complexity index is 530. The highest BCUT2D eigenvalue weighted by Crippen LogP contribution is 2.20. The lowest BCUT2D eigenvalue weighted by Gasteiger charge is -2.38. The zero-order valence-electron chi connectivity index (χ0n) is 12.8. The van der Waals surface area contributed by atoms with Crippen LogP contribution in [0.1, 0.15) is 32.3 Å². The third kappa shape index (κ3) is 3.35. The van der Waals surface area contributed by atoms with Crippen LogP contribution < -0.4 is 10.1 Å². The topological polar surface area (TPSA) is 58.6 Å². The molecule has 2 rings (SSSR count). The van der Waals surface area contributed by atoms with Gasteiger partial charge >= 0.3 is 0 Å². The fourth-order valence-electron chi connectivity index (χ4n) is 2.63. The van der Waals surface area contributed by atoms with Crippen molar-refractivity contribution >= 4 is 11.8 Å². The van der Waals surface area contributed by atoms with Gasteiger partial charge in [0.1, 0.15) is 17.8 Å². The van der Waals surface area contributed by atoms with E-state index in [1.54, 1.807) is 18.9 Å². The minimum absolute atomic E-state index is 0.0316. The normalized spacial score (nSPS) is 22.1. The van der Waals surface area contributed by atoms with Crippen molar-refractivity contribution in [2.24, 2.45) is 0 Å². The van der Waals surface area contributed by atoms with Gasteiger partial charge in [0.15, 0.2) is 0 Å². The van der Waals surface area contributed by atoms with Crippen LogP contribution in [0.3, 0.4) is 0 Å². The number of amides is 2. The third-order valence-corrected chi connectivity index (χ3v) is 3.74. The maximum Gasteiger partial charge on any atom is 0.245 e. The number of hydrogen-bond donors (Lipinski definition) is 1. The van der Waals surface area contributed by atoms with E-state index in [0.29, 0.717) is 13.0 Å². The summed E-state index contributed by atoms with van der Waals surface area (Å²) in [5, 5.41) is 2.75. The second-order valence-electron chi connectivity index (χ2n) is 5.35. The first-order valence-electron chi connectivity index (χ1n) is 7.30. The van der Waals surface area contributed by atoms with E-state index in [0.717, 1.165) is 17.7 Å². The van der Waals surface area contributed by atoms with Crippen LogP contribution in [0.5, 0.6) is 5.75 Å². The average Bonchev–Trinajstić information content (AvgIpc) is 2.48. The zero-order valence-corrected chi connectivity index (χ0v) is 12.8. The Kier molecular flexibility index (Phi) is 4.83. The standard InChI is InChI=1S/C16H22N2O3/c1-4-6-14-15(19)17-11(2)16(20)18(14)10-12-7-5-8-13(9-12)21-3/h5,7-9,11,14H,4,6,10H2,1-3H3,(H,17,19). The number of hydrogen-bond acceptors (Lipinski definition) is 3. The Morgan fingerprint density at radius 3 is 2.76 bits per heavy atom. The predicted octanol–water partition coefficient (Wildman–Crippen LogP) is 1.71. The van der Waals surface area contributed by atoms with E-state index in [1.165, 1.54) is 0 Å². The van der Waals surface area contributed by atoms with Crippen LogP contribution in [0, 0.1) is 0 Å². The summed E-state index contributed by atoms with van der Waals surface area (Å²) in [5.74, 6) is 0.657. The lowest BCUT2D eigenvalue weighted by Crippen LogP contribution is -2.61. The number of nitrogens with zero attached hydrogens (tertiary/aromatic N) is 1. The Hall–Kier alpha value is -2.04. The highest BCUT2D eigenvalue weighted by Gasteiger charge is 2.37. The van der Waals surface area contributed by atoms with Gasteiger partial charge in [0, 0.05) is 6.54 Å². The maximum absolute atomic E-state index is 12.4. The number of methoxy groups -OCH3 is 1. The van der Waals surface area contributed by atoms with Gasteiger partial charge in [0.05, 0.1) is 7.11 Å². The second-order valence-corrected chi connectivity index (χ2v) is 5.35. The van der Waals surface area contributed by atoms with Gasteiger partial charge in [0.25, 0.3) is 0 Å². The quantitative estimate of drug-likeness (QED) is 0.898. The number of benzene rings is 1. The Morgan fingerprint density at radius 1 is 1.33 bits per heavy atom. The Labute approximate surface area is 125 Å². The first kappa shape index (κ1) is 15.4. The molecule has 1 fully saturated rings. The summed E-state index contributed by atoms with van der Waals surface area (Å²) >= 11 is 0. The fraction of sp³-hybridized carbons (Fsp3) is 0.500. The van der Waals surface area contributed by atoms with Crippen molar-refractivity contribution in [3.8, 4) is 5.75 Å². The van der Waals surface area contributed by atoms with E-state index in [-0.39, 0.29) is 17.9 Å². The monoisotopic (exact) mass is 290 g/mol. The van der Waals surface area contributed by atoms with Gasteiger partial charge in [-0.3, -0.25) is 9.59 Å². The summed E-state index contributed by atoms with van der Waals surface area (Å²) in [6, 6.07) is 6.74. The van der Waals surface area contributed by atoms with E-state index in [9.17, 15) is 9.59 Å². The SMILES string of the molecule is CCCC1C(=O)NC(C)C(=O)N1Cc1cccc(OC)c1. The first-order valence-corrected chi connectivity index (χ1v) is 7.30. The molecular weight excluding hydrogens is 268 g/mol. The first-order chi connectivity index (χ1) is 10.1. The van der Waals surface area contributed by atoms with Gasteiger partial charge in [0.2, 0.25) is 11.8 Å². The molecule has 1 saturated heterocycles. The van der Waals surface area contributed by atoms with Gasteiger partial charge in [-0.1, -0.05) is 25.5 Å². The molecule has 0 aromatic heterocycles. The van der Waals surface area contributed by atoms with Gasteiger partial charge < -0.3 is 15.0 Å². The Morgan fingerprint density at radius 2 is 2.10 bits per heavy atom. The molecule has 0 aliphatic carbocycles. The highest BCUT2D eigenvalue weighted by molar-refractivity contribution is 5.96. The Balaban J connectivity index is 2.23. The van der Waals surface area contributed by atoms with Gasteiger partial charge in [-0.25, -0.2) is 0 Å². The molecule has 1 N–H and O–H groups in total. The molecule has 0 radical (unpaired) electrons. The van der Waals surface area contributed by atoms with Crippen molar-refractivity contribution in [1.82, 2.24) is 10.2 Å². The molecule has 2 unspecified atom stereocenters. The molecule has 5 nitrogen and oxygen atoms in total. The molecule has 0 bridgehead atoms. The summed E-state index contributed by atoms with van der Waals surface area (Å²) < 4.78 is 5.20. The molecular formula is C16H22N2O3. The largest absolute Gasteiger partial charge is 0.497 e. The number of rotatable bonds is 5. The van der Waals surface area contributed by atoms with Crippen LogP contribution in [-0.4, -0.2) is 35.9 Å². The fourth-order valence-corrected chi connectivity index (χ4v) is 2.63. The molecule has 1 aliphatic heterocycles. The number of carbonyl (C=O) groups excluding carboxylic acids is 2. The molecule has 0 saturated carbocycles. The van der Waals surface area contributed by atoms with Crippen LogP contribution in [0.4, 0.5) is 0 Å². The molecule has 114 valence electrons. The van der Waals surface area contributed by atoms with Crippen molar-refractivity contribution in [3.05, 3.63) is 29.8 Å². The second kappa shape index (κ2) is 6.61. The van der Waals surface area contributed by atoms with E-state index < -0.39 is 6.04 Å². The van der Waals surface area contributed by atoms with Crippen LogP contribution in [0.2, 0.25) is 0 Å². The van der Waals surface area contributed by atoms with E-state index >= 15 is 0 Å². The van der Waals surface area contributed by atoms with E-state index in [2.05, 4.69) is 5.32 Å².